The fourth-order valence-electron chi connectivity index (χ4n) is 4.24. The predicted molar refractivity (Wildman–Crippen MR) is 127 cm³/mol. The summed E-state index contributed by atoms with van der Waals surface area (Å²) < 4.78 is 0. The van der Waals surface area contributed by atoms with Crippen molar-refractivity contribution in [3.63, 3.8) is 0 Å². The maximum atomic E-state index is 4.83. The van der Waals surface area contributed by atoms with E-state index < -0.39 is 0 Å². The first-order chi connectivity index (χ1) is 14.3. The minimum atomic E-state index is 0.827. The van der Waals surface area contributed by atoms with Crippen LogP contribution in [0.3, 0.4) is 0 Å². The van der Waals surface area contributed by atoms with Crippen molar-refractivity contribution in [3.05, 3.63) is 90.0 Å². The van der Waals surface area contributed by atoms with E-state index in [4.69, 9.17) is 5.10 Å². The maximum Gasteiger partial charge on any atom is 0.0593 e. The SMILES string of the molecule is CCc1ccc(N(CC)N=Cc2ccc3ccc4cccc5ccc2c3c45)cc1. The molecule has 2 heteroatoms. The molecule has 0 fully saturated rings. The molecule has 0 unspecified atom stereocenters. The Balaban J connectivity index is 1.60. The van der Waals surface area contributed by atoms with Gasteiger partial charge in [-0.05, 0) is 63.4 Å². The first-order valence-corrected chi connectivity index (χ1v) is 10.4. The summed E-state index contributed by atoms with van der Waals surface area (Å²) in [6.45, 7) is 5.14. The zero-order valence-corrected chi connectivity index (χ0v) is 16.9. The predicted octanol–water partition coefficient (Wildman–Crippen LogP) is 7.01. The van der Waals surface area contributed by atoms with E-state index in [2.05, 4.69) is 97.7 Å². The van der Waals surface area contributed by atoms with Gasteiger partial charge in [0, 0.05) is 12.1 Å². The van der Waals surface area contributed by atoms with E-state index in [1.54, 1.807) is 0 Å². The number of hydrogen-bond donors (Lipinski definition) is 0. The van der Waals surface area contributed by atoms with Crippen molar-refractivity contribution in [2.24, 2.45) is 5.10 Å². The third kappa shape index (κ3) is 3.01. The number of nitrogens with zero attached hydrogens (tertiary/aromatic N) is 2. The Morgan fingerprint density at radius 3 is 2.07 bits per heavy atom. The summed E-state index contributed by atoms with van der Waals surface area (Å²) in [4.78, 5) is 0. The van der Waals surface area contributed by atoms with Crippen molar-refractivity contribution in [1.29, 1.82) is 0 Å². The van der Waals surface area contributed by atoms with Gasteiger partial charge < -0.3 is 0 Å². The summed E-state index contributed by atoms with van der Waals surface area (Å²) in [7, 11) is 0. The Kier molecular flexibility index (Phi) is 4.40. The van der Waals surface area contributed by atoms with E-state index in [9.17, 15) is 0 Å². The van der Waals surface area contributed by atoms with Gasteiger partial charge >= 0.3 is 0 Å². The zero-order valence-electron chi connectivity index (χ0n) is 16.9. The van der Waals surface area contributed by atoms with E-state index in [1.165, 1.54) is 37.9 Å². The molecule has 29 heavy (non-hydrogen) atoms. The molecule has 0 aliphatic carbocycles. The number of rotatable bonds is 5. The second-order valence-electron chi connectivity index (χ2n) is 7.49. The summed E-state index contributed by atoms with van der Waals surface area (Å²) in [6, 6.07) is 28.5. The minimum Gasteiger partial charge on any atom is -0.266 e. The molecule has 0 aliphatic rings. The largest absolute Gasteiger partial charge is 0.266 e. The fourth-order valence-corrected chi connectivity index (χ4v) is 4.24. The Morgan fingerprint density at radius 2 is 1.38 bits per heavy atom. The number of hydrazone groups is 1. The van der Waals surface area contributed by atoms with Crippen LogP contribution in [0, 0.1) is 0 Å². The van der Waals surface area contributed by atoms with Gasteiger partial charge in [0.1, 0.15) is 0 Å². The van der Waals surface area contributed by atoms with Crippen LogP contribution in [0.1, 0.15) is 25.0 Å². The van der Waals surface area contributed by atoms with Gasteiger partial charge in [-0.15, -0.1) is 0 Å². The first kappa shape index (κ1) is 17.7. The molecule has 5 rings (SSSR count). The summed E-state index contributed by atoms with van der Waals surface area (Å²) in [6.07, 6.45) is 3.06. The van der Waals surface area contributed by atoms with Gasteiger partial charge in [0.15, 0.2) is 0 Å². The molecule has 0 radical (unpaired) electrons. The lowest BCUT2D eigenvalue weighted by molar-refractivity contribution is 0.896. The van der Waals surface area contributed by atoms with Gasteiger partial charge in [-0.25, -0.2) is 0 Å². The van der Waals surface area contributed by atoms with Crippen molar-refractivity contribution in [1.82, 2.24) is 0 Å². The van der Waals surface area contributed by atoms with Gasteiger partial charge in [0.25, 0.3) is 0 Å². The van der Waals surface area contributed by atoms with Crippen molar-refractivity contribution in [2.45, 2.75) is 20.3 Å². The molecular formula is C27H24N2. The molecule has 5 aromatic carbocycles. The highest BCUT2D eigenvalue weighted by atomic mass is 15.4. The molecule has 0 spiro atoms. The van der Waals surface area contributed by atoms with E-state index in [0.717, 1.165) is 24.2 Å². The number of hydrogen-bond acceptors (Lipinski definition) is 2. The zero-order chi connectivity index (χ0) is 19.8. The highest BCUT2D eigenvalue weighted by Crippen LogP contribution is 2.35. The van der Waals surface area contributed by atoms with Crippen LogP contribution < -0.4 is 5.01 Å². The van der Waals surface area contributed by atoms with E-state index >= 15 is 0 Å². The topological polar surface area (TPSA) is 15.6 Å². The Labute approximate surface area is 171 Å². The molecule has 0 heterocycles. The van der Waals surface area contributed by atoms with E-state index in [0.29, 0.717) is 0 Å². The Bertz CT molecular complexity index is 1300. The number of benzene rings is 5. The summed E-state index contributed by atoms with van der Waals surface area (Å²) >= 11 is 0. The summed E-state index contributed by atoms with van der Waals surface area (Å²) in [5.74, 6) is 0. The van der Waals surface area contributed by atoms with Crippen molar-refractivity contribution in [2.75, 3.05) is 11.6 Å². The van der Waals surface area contributed by atoms with E-state index in [-0.39, 0.29) is 0 Å². The van der Waals surface area contributed by atoms with Crippen LogP contribution in [0.2, 0.25) is 0 Å². The second-order valence-corrected chi connectivity index (χ2v) is 7.49. The summed E-state index contributed by atoms with van der Waals surface area (Å²) in [5, 5.41) is 14.7. The molecule has 0 aliphatic heterocycles. The molecule has 0 saturated heterocycles. The molecule has 5 aromatic rings. The summed E-state index contributed by atoms with van der Waals surface area (Å²) in [5.41, 5.74) is 3.62. The number of aryl methyl sites for hydroxylation is 1. The monoisotopic (exact) mass is 376 g/mol. The van der Waals surface area contributed by atoms with Gasteiger partial charge in [0.2, 0.25) is 0 Å². The van der Waals surface area contributed by atoms with Crippen molar-refractivity contribution in [3.8, 4) is 0 Å². The molecule has 0 N–H and O–H groups in total. The fraction of sp³-hybridized carbons (Fsp3) is 0.148. The lowest BCUT2D eigenvalue weighted by atomic mass is 9.92. The van der Waals surface area contributed by atoms with Crippen LogP contribution >= 0.6 is 0 Å². The van der Waals surface area contributed by atoms with Gasteiger partial charge in [-0.2, -0.15) is 5.10 Å². The standard InChI is InChI=1S/C27H24N2/c1-3-19-8-15-24(16-9-19)29(4-2)28-18-23-13-12-22-11-10-20-6-5-7-21-14-17-25(23)27(22)26(20)21/h5-18H,3-4H2,1-2H3. The highest BCUT2D eigenvalue weighted by Gasteiger charge is 2.10. The minimum absolute atomic E-state index is 0.827. The third-order valence-corrected chi connectivity index (χ3v) is 5.84. The molecule has 0 aromatic heterocycles. The van der Waals surface area contributed by atoms with Gasteiger partial charge in [-0.1, -0.05) is 73.7 Å². The first-order valence-electron chi connectivity index (χ1n) is 10.4. The average molecular weight is 377 g/mol. The second kappa shape index (κ2) is 7.21. The maximum absolute atomic E-state index is 4.83. The van der Waals surface area contributed by atoms with Crippen molar-refractivity contribution >= 4 is 44.2 Å². The number of anilines is 1. The molecular weight excluding hydrogens is 352 g/mol. The van der Waals surface area contributed by atoms with Gasteiger partial charge in [0.05, 0.1) is 11.9 Å². The average Bonchev–Trinajstić information content (AvgIpc) is 2.79. The highest BCUT2D eigenvalue weighted by molar-refractivity contribution is 6.25. The molecule has 0 atom stereocenters. The molecule has 0 bridgehead atoms. The van der Waals surface area contributed by atoms with Crippen LogP contribution in [-0.2, 0) is 6.42 Å². The van der Waals surface area contributed by atoms with Crippen molar-refractivity contribution < 1.29 is 0 Å². The van der Waals surface area contributed by atoms with Crippen LogP contribution in [0.25, 0.3) is 32.3 Å². The Morgan fingerprint density at radius 1 is 0.724 bits per heavy atom. The van der Waals surface area contributed by atoms with Crippen LogP contribution in [0.5, 0.6) is 0 Å². The Hall–Kier alpha value is -3.39. The van der Waals surface area contributed by atoms with Crippen LogP contribution in [0.4, 0.5) is 5.69 Å². The molecule has 142 valence electrons. The quantitative estimate of drug-likeness (QED) is 0.183. The third-order valence-electron chi connectivity index (χ3n) is 5.84. The van der Waals surface area contributed by atoms with Gasteiger partial charge in [-0.3, -0.25) is 5.01 Å². The lowest BCUT2D eigenvalue weighted by Crippen LogP contribution is -2.15. The molecule has 0 saturated carbocycles. The normalized spacial score (nSPS) is 11.9. The molecule has 2 nitrogen and oxygen atoms in total. The smallest absolute Gasteiger partial charge is 0.0593 e. The van der Waals surface area contributed by atoms with E-state index in [1.807, 2.05) is 6.21 Å². The lowest BCUT2D eigenvalue weighted by Gasteiger charge is -2.17. The van der Waals surface area contributed by atoms with Crippen LogP contribution in [0.15, 0.2) is 84.0 Å². The molecule has 0 amide bonds. The van der Waals surface area contributed by atoms with Crippen LogP contribution in [-0.4, -0.2) is 12.8 Å².